The number of amides is 1. The summed E-state index contributed by atoms with van der Waals surface area (Å²) in [5.74, 6) is 5.28. The summed E-state index contributed by atoms with van der Waals surface area (Å²) in [6.07, 6.45) is 0. The molecule has 0 aliphatic carbocycles. The standard InChI is InChI=1S/C13H13N3O5/c1-8-10(16(18)19)3-2-4-11(8)20-7-9-5-6-12(21-9)13(17)15-14/h2-6H,7,14H2,1H3,(H,15,17). The van der Waals surface area contributed by atoms with E-state index in [-0.39, 0.29) is 18.1 Å². The van der Waals surface area contributed by atoms with Gasteiger partial charge in [-0.15, -0.1) is 0 Å². The number of nitrogens with two attached hydrogens (primary N) is 1. The molecular weight excluding hydrogens is 278 g/mol. The lowest BCUT2D eigenvalue weighted by Crippen LogP contribution is -2.29. The Morgan fingerprint density at radius 3 is 2.86 bits per heavy atom. The average Bonchev–Trinajstić information content (AvgIpc) is 2.94. The van der Waals surface area contributed by atoms with Crippen LogP contribution in [-0.2, 0) is 6.61 Å². The Bertz CT molecular complexity index is 680. The molecule has 0 saturated carbocycles. The van der Waals surface area contributed by atoms with E-state index in [0.29, 0.717) is 17.1 Å². The van der Waals surface area contributed by atoms with Gasteiger partial charge in [0.05, 0.1) is 10.5 Å². The highest BCUT2D eigenvalue weighted by atomic mass is 16.6. The first-order valence-electron chi connectivity index (χ1n) is 5.99. The number of ether oxygens (including phenoxy) is 1. The van der Waals surface area contributed by atoms with Crippen LogP contribution in [0.2, 0.25) is 0 Å². The Morgan fingerprint density at radius 1 is 1.43 bits per heavy atom. The van der Waals surface area contributed by atoms with Crippen LogP contribution in [0.25, 0.3) is 0 Å². The highest BCUT2D eigenvalue weighted by molar-refractivity contribution is 5.90. The van der Waals surface area contributed by atoms with E-state index in [1.54, 1.807) is 19.1 Å². The first-order valence-corrected chi connectivity index (χ1v) is 5.99. The third-order valence-corrected chi connectivity index (χ3v) is 2.84. The normalized spacial score (nSPS) is 10.2. The minimum Gasteiger partial charge on any atom is -0.485 e. The lowest BCUT2D eigenvalue weighted by atomic mass is 10.2. The zero-order valence-electron chi connectivity index (χ0n) is 11.2. The van der Waals surface area contributed by atoms with Crippen molar-refractivity contribution in [2.75, 3.05) is 0 Å². The number of hydrogen-bond donors (Lipinski definition) is 2. The zero-order chi connectivity index (χ0) is 15.4. The van der Waals surface area contributed by atoms with Gasteiger partial charge in [-0.3, -0.25) is 20.3 Å². The number of nitrogens with zero attached hydrogens (tertiary/aromatic N) is 1. The summed E-state index contributed by atoms with van der Waals surface area (Å²) in [6.45, 7) is 1.64. The molecule has 0 spiro atoms. The van der Waals surface area contributed by atoms with E-state index in [1.807, 2.05) is 5.43 Å². The van der Waals surface area contributed by atoms with E-state index in [0.717, 1.165) is 0 Å². The SMILES string of the molecule is Cc1c(OCc2ccc(C(=O)NN)o2)cccc1[N+](=O)[O-]. The number of nitrogens with one attached hydrogen (secondary N) is 1. The van der Waals surface area contributed by atoms with Gasteiger partial charge >= 0.3 is 5.91 Å². The average molecular weight is 291 g/mol. The molecule has 2 aromatic rings. The molecule has 8 heteroatoms. The molecule has 0 aliphatic rings. The molecule has 0 saturated heterocycles. The summed E-state index contributed by atoms with van der Waals surface area (Å²) in [4.78, 5) is 21.6. The lowest BCUT2D eigenvalue weighted by molar-refractivity contribution is -0.385. The van der Waals surface area contributed by atoms with Crippen LogP contribution in [0.4, 0.5) is 5.69 Å². The quantitative estimate of drug-likeness (QED) is 0.374. The van der Waals surface area contributed by atoms with Crippen molar-refractivity contribution in [3.63, 3.8) is 0 Å². The summed E-state index contributed by atoms with van der Waals surface area (Å²) < 4.78 is 10.7. The third kappa shape index (κ3) is 3.18. The van der Waals surface area contributed by atoms with Gasteiger partial charge in [-0.2, -0.15) is 0 Å². The van der Waals surface area contributed by atoms with Crippen molar-refractivity contribution >= 4 is 11.6 Å². The highest BCUT2D eigenvalue weighted by Gasteiger charge is 2.15. The summed E-state index contributed by atoms with van der Waals surface area (Å²) in [6, 6.07) is 7.59. The summed E-state index contributed by atoms with van der Waals surface area (Å²) in [7, 11) is 0. The van der Waals surface area contributed by atoms with Gasteiger partial charge in [0, 0.05) is 6.07 Å². The molecule has 1 aromatic heterocycles. The van der Waals surface area contributed by atoms with Crippen molar-refractivity contribution in [2.24, 2.45) is 5.84 Å². The smallest absolute Gasteiger partial charge is 0.300 e. The predicted molar refractivity (Wildman–Crippen MR) is 72.5 cm³/mol. The molecule has 110 valence electrons. The van der Waals surface area contributed by atoms with Gasteiger partial charge in [0.25, 0.3) is 5.69 Å². The van der Waals surface area contributed by atoms with Crippen LogP contribution in [0.15, 0.2) is 34.7 Å². The topological polar surface area (TPSA) is 121 Å². The number of rotatable bonds is 5. The van der Waals surface area contributed by atoms with Crippen LogP contribution < -0.4 is 16.0 Å². The molecule has 1 amide bonds. The number of nitrogen functional groups attached to an aromatic ring is 1. The molecule has 3 N–H and O–H groups in total. The van der Waals surface area contributed by atoms with Gasteiger partial charge in [0.1, 0.15) is 18.1 Å². The van der Waals surface area contributed by atoms with Crippen LogP contribution >= 0.6 is 0 Å². The maximum absolute atomic E-state index is 11.2. The lowest BCUT2D eigenvalue weighted by Gasteiger charge is -2.07. The van der Waals surface area contributed by atoms with Crippen molar-refractivity contribution in [1.82, 2.24) is 5.43 Å². The monoisotopic (exact) mass is 291 g/mol. The van der Waals surface area contributed by atoms with E-state index in [4.69, 9.17) is 15.0 Å². The number of carbonyl (C=O) groups excluding carboxylic acids is 1. The molecule has 0 radical (unpaired) electrons. The molecule has 0 fully saturated rings. The fourth-order valence-electron chi connectivity index (χ4n) is 1.75. The molecule has 21 heavy (non-hydrogen) atoms. The third-order valence-electron chi connectivity index (χ3n) is 2.84. The Morgan fingerprint density at radius 2 is 2.19 bits per heavy atom. The van der Waals surface area contributed by atoms with Crippen LogP contribution in [0.3, 0.4) is 0 Å². The second-order valence-corrected chi connectivity index (χ2v) is 4.19. The van der Waals surface area contributed by atoms with Gasteiger partial charge in [-0.1, -0.05) is 6.07 Å². The van der Waals surface area contributed by atoms with Crippen molar-refractivity contribution in [3.05, 3.63) is 57.5 Å². The van der Waals surface area contributed by atoms with E-state index in [1.165, 1.54) is 18.2 Å². The van der Waals surface area contributed by atoms with Crippen LogP contribution in [0, 0.1) is 17.0 Å². The number of furan rings is 1. The fourth-order valence-corrected chi connectivity index (χ4v) is 1.75. The highest BCUT2D eigenvalue weighted by Crippen LogP contribution is 2.27. The van der Waals surface area contributed by atoms with Crippen LogP contribution in [0.5, 0.6) is 5.75 Å². The van der Waals surface area contributed by atoms with Gasteiger partial charge in [0.2, 0.25) is 0 Å². The maximum Gasteiger partial charge on any atom is 0.300 e. The molecule has 0 unspecified atom stereocenters. The Labute approximate surface area is 119 Å². The fraction of sp³-hybridized carbons (Fsp3) is 0.154. The first-order chi connectivity index (χ1) is 10.0. The first kappa shape index (κ1) is 14.5. The summed E-state index contributed by atoms with van der Waals surface area (Å²) in [5, 5.41) is 10.8. The molecule has 1 heterocycles. The number of hydrazine groups is 1. The Kier molecular flexibility index (Phi) is 4.19. The van der Waals surface area contributed by atoms with E-state index < -0.39 is 10.8 Å². The minimum atomic E-state index is -0.548. The number of nitro benzene ring substituents is 1. The van der Waals surface area contributed by atoms with Gasteiger partial charge in [-0.05, 0) is 25.1 Å². The van der Waals surface area contributed by atoms with Crippen LogP contribution in [0.1, 0.15) is 21.9 Å². The molecule has 0 bridgehead atoms. The van der Waals surface area contributed by atoms with Crippen molar-refractivity contribution in [1.29, 1.82) is 0 Å². The number of benzene rings is 1. The largest absolute Gasteiger partial charge is 0.485 e. The molecule has 8 nitrogen and oxygen atoms in total. The van der Waals surface area contributed by atoms with Gasteiger partial charge < -0.3 is 9.15 Å². The van der Waals surface area contributed by atoms with E-state index >= 15 is 0 Å². The molecule has 1 aromatic carbocycles. The minimum absolute atomic E-state index is 0.0184. The van der Waals surface area contributed by atoms with Crippen LogP contribution in [-0.4, -0.2) is 10.8 Å². The number of nitro groups is 1. The zero-order valence-corrected chi connectivity index (χ0v) is 11.2. The van der Waals surface area contributed by atoms with E-state index in [2.05, 4.69) is 0 Å². The Hall–Kier alpha value is -2.87. The number of hydrogen-bond acceptors (Lipinski definition) is 6. The molecule has 2 rings (SSSR count). The maximum atomic E-state index is 11.2. The molecule has 0 atom stereocenters. The van der Waals surface area contributed by atoms with Crippen molar-refractivity contribution in [2.45, 2.75) is 13.5 Å². The van der Waals surface area contributed by atoms with Crippen molar-refractivity contribution in [3.8, 4) is 5.75 Å². The Balaban J connectivity index is 2.10. The summed E-state index contributed by atoms with van der Waals surface area (Å²) in [5.41, 5.74) is 2.36. The summed E-state index contributed by atoms with van der Waals surface area (Å²) >= 11 is 0. The molecule has 0 aliphatic heterocycles. The van der Waals surface area contributed by atoms with Gasteiger partial charge in [0.15, 0.2) is 5.76 Å². The second-order valence-electron chi connectivity index (χ2n) is 4.19. The van der Waals surface area contributed by atoms with Gasteiger partial charge in [-0.25, -0.2) is 5.84 Å². The molecular formula is C13H13N3O5. The predicted octanol–water partition coefficient (Wildman–Crippen LogP) is 1.68. The van der Waals surface area contributed by atoms with Crippen molar-refractivity contribution < 1.29 is 18.9 Å². The van der Waals surface area contributed by atoms with E-state index in [9.17, 15) is 14.9 Å². The second kappa shape index (κ2) is 6.06. The number of carbonyl (C=O) groups is 1.